The van der Waals surface area contributed by atoms with Crippen LogP contribution in [0, 0.1) is 17.8 Å². The van der Waals surface area contributed by atoms with Crippen molar-refractivity contribution in [2.45, 2.75) is 45.6 Å². The maximum absolute atomic E-state index is 12.2. The molecule has 0 aromatic carbocycles. The van der Waals surface area contributed by atoms with E-state index in [2.05, 4.69) is 22.1 Å². The fourth-order valence-corrected chi connectivity index (χ4v) is 3.75. The second-order valence-electron chi connectivity index (χ2n) is 9.03. The Balaban J connectivity index is 1.40. The first-order valence-electron chi connectivity index (χ1n) is 10.8. The Kier molecular flexibility index (Phi) is 5.78. The summed E-state index contributed by atoms with van der Waals surface area (Å²) < 4.78 is 7.24. The number of hydrogen-bond acceptors (Lipinski definition) is 5. The summed E-state index contributed by atoms with van der Waals surface area (Å²) in [5, 5.41) is 2.32. The summed E-state index contributed by atoms with van der Waals surface area (Å²) in [5.74, 6) is 7.09. The summed E-state index contributed by atoms with van der Waals surface area (Å²) in [5.41, 5.74) is 1.02. The molecular weight excluding hydrogens is 410 g/mol. The van der Waals surface area contributed by atoms with Gasteiger partial charge in [0.25, 0.3) is 0 Å². The van der Waals surface area contributed by atoms with Crippen molar-refractivity contribution >= 4 is 29.5 Å². The number of nitrogens with zero attached hydrogens (tertiary/aromatic N) is 4. The topological polar surface area (TPSA) is 96.3 Å². The van der Waals surface area contributed by atoms with Crippen LogP contribution in [0.3, 0.4) is 0 Å². The molecule has 4 heterocycles. The van der Waals surface area contributed by atoms with Gasteiger partial charge in [-0.2, -0.15) is 0 Å². The molecule has 2 aromatic heterocycles. The largest absolute Gasteiger partial charge is 0.444 e. The molecule has 0 radical (unpaired) electrons. The first kappa shape index (κ1) is 21.7. The predicted molar refractivity (Wildman–Crippen MR) is 118 cm³/mol. The number of hydrogen-bond donors (Lipinski definition) is 1. The molecule has 2 saturated heterocycles. The number of carbonyl (C=O) groups is 3. The van der Waals surface area contributed by atoms with E-state index in [9.17, 15) is 14.4 Å². The van der Waals surface area contributed by atoms with Crippen molar-refractivity contribution in [2.24, 2.45) is 5.92 Å². The molecule has 0 atom stereocenters. The maximum atomic E-state index is 12.2. The van der Waals surface area contributed by atoms with Crippen molar-refractivity contribution in [3.63, 3.8) is 0 Å². The third-order valence-corrected chi connectivity index (χ3v) is 5.39. The summed E-state index contributed by atoms with van der Waals surface area (Å²) in [6, 6.07) is 3.32. The van der Waals surface area contributed by atoms with Gasteiger partial charge in [0, 0.05) is 43.7 Å². The van der Waals surface area contributed by atoms with Crippen molar-refractivity contribution in [2.75, 3.05) is 24.5 Å². The first-order chi connectivity index (χ1) is 15.2. The van der Waals surface area contributed by atoms with Crippen molar-refractivity contribution in [3.05, 3.63) is 30.1 Å². The number of imide groups is 1. The van der Waals surface area contributed by atoms with Crippen molar-refractivity contribution < 1.29 is 19.1 Å². The van der Waals surface area contributed by atoms with Crippen molar-refractivity contribution in [1.82, 2.24) is 19.6 Å². The number of ether oxygens (including phenoxy) is 1. The van der Waals surface area contributed by atoms with Crippen LogP contribution < -0.4 is 10.2 Å². The predicted octanol–water partition coefficient (Wildman–Crippen LogP) is 2.78. The van der Waals surface area contributed by atoms with E-state index in [0.29, 0.717) is 31.1 Å². The van der Waals surface area contributed by atoms with Gasteiger partial charge in [-0.1, -0.05) is 11.8 Å². The Hall–Kier alpha value is -3.54. The van der Waals surface area contributed by atoms with E-state index in [1.165, 1.54) is 4.90 Å². The third kappa shape index (κ3) is 4.85. The van der Waals surface area contributed by atoms with Gasteiger partial charge in [0.2, 0.25) is 5.91 Å². The number of pyridine rings is 1. The number of piperidine rings is 1. The van der Waals surface area contributed by atoms with Gasteiger partial charge >= 0.3 is 12.1 Å². The molecule has 168 valence electrons. The molecule has 2 aliphatic rings. The highest BCUT2D eigenvalue weighted by Crippen LogP contribution is 2.21. The van der Waals surface area contributed by atoms with Gasteiger partial charge in [0.1, 0.15) is 17.1 Å². The zero-order valence-corrected chi connectivity index (χ0v) is 18.6. The number of anilines is 1. The summed E-state index contributed by atoms with van der Waals surface area (Å²) in [6.07, 6.45) is 5.06. The lowest BCUT2D eigenvalue weighted by Gasteiger charge is -2.31. The Morgan fingerprint density at radius 3 is 2.66 bits per heavy atom. The molecule has 0 spiro atoms. The van der Waals surface area contributed by atoms with Crippen LogP contribution in [-0.4, -0.2) is 57.6 Å². The number of imidazole rings is 1. The summed E-state index contributed by atoms with van der Waals surface area (Å²) in [4.78, 5) is 43.3. The zero-order chi connectivity index (χ0) is 22.9. The van der Waals surface area contributed by atoms with Crippen LogP contribution in [0.25, 0.3) is 5.65 Å². The highest BCUT2D eigenvalue weighted by Gasteiger charge is 2.27. The van der Waals surface area contributed by atoms with E-state index in [1.807, 2.05) is 39.1 Å². The van der Waals surface area contributed by atoms with Crippen molar-refractivity contribution in [1.29, 1.82) is 0 Å². The van der Waals surface area contributed by atoms with Gasteiger partial charge in [-0.15, -0.1) is 0 Å². The standard InChI is InChI=1S/C23H27N5O4/c1-23(2,3)32-22(31)26-10-6-16(7-11-26)4-5-17-8-12-27-18(14-17)24-15-20(27)28-13-9-19(29)25-21(28)30/h8,12,14-16H,6-7,9-11,13H2,1-3H3,(H,25,29,30). The number of aromatic nitrogens is 2. The van der Waals surface area contributed by atoms with Crippen LogP contribution in [0.15, 0.2) is 24.5 Å². The van der Waals surface area contributed by atoms with Gasteiger partial charge in [0.15, 0.2) is 0 Å². The summed E-state index contributed by atoms with van der Waals surface area (Å²) in [7, 11) is 0. The molecule has 9 heteroatoms. The quantitative estimate of drug-likeness (QED) is 0.692. The SMILES string of the molecule is CC(C)(C)OC(=O)N1CCC(C#Cc2ccn3c(N4CCC(=O)NC4=O)cnc3c2)CC1. The Bertz CT molecular complexity index is 1110. The molecule has 32 heavy (non-hydrogen) atoms. The Morgan fingerprint density at radius 1 is 1.22 bits per heavy atom. The average Bonchev–Trinajstić information content (AvgIpc) is 3.14. The number of fused-ring (bicyclic) bond motifs is 1. The van der Waals surface area contributed by atoms with E-state index < -0.39 is 11.6 Å². The molecule has 0 unspecified atom stereocenters. The molecule has 0 bridgehead atoms. The lowest BCUT2D eigenvalue weighted by Crippen LogP contribution is -2.50. The van der Waals surface area contributed by atoms with Gasteiger partial charge in [-0.05, 0) is 45.7 Å². The molecule has 9 nitrogen and oxygen atoms in total. The molecular formula is C23H27N5O4. The third-order valence-electron chi connectivity index (χ3n) is 5.39. The second-order valence-corrected chi connectivity index (χ2v) is 9.03. The Labute approximate surface area is 186 Å². The van der Waals surface area contributed by atoms with Crippen LogP contribution in [0.4, 0.5) is 15.4 Å². The lowest BCUT2D eigenvalue weighted by molar-refractivity contribution is -0.120. The fourth-order valence-electron chi connectivity index (χ4n) is 3.75. The monoisotopic (exact) mass is 437 g/mol. The number of urea groups is 1. The molecule has 4 rings (SSSR count). The van der Waals surface area contributed by atoms with E-state index in [1.54, 1.807) is 15.5 Å². The van der Waals surface area contributed by atoms with E-state index in [0.717, 1.165) is 18.4 Å². The number of rotatable bonds is 1. The zero-order valence-electron chi connectivity index (χ0n) is 18.6. The van der Waals surface area contributed by atoms with Gasteiger partial charge < -0.3 is 9.64 Å². The minimum Gasteiger partial charge on any atom is -0.444 e. The minimum absolute atomic E-state index is 0.217. The first-order valence-corrected chi connectivity index (χ1v) is 10.8. The molecule has 2 aromatic rings. The second kappa shape index (κ2) is 8.54. The van der Waals surface area contributed by atoms with Crippen LogP contribution in [0.2, 0.25) is 0 Å². The maximum Gasteiger partial charge on any atom is 0.410 e. The summed E-state index contributed by atoms with van der Waals surface area (Å²) in [6.45, 7) is 7.19. The van der Waals surface area contributed by atoms with Crippen LogP contribution in [0.1, 0.15) is 45.6 Å². The lowest BCUT2D eigenvalue weighted by atomic mass is 9.97. The number of carbonyl (C=O) groups excluding carboxylic acids is 3. The van der Waals surface area contributed by atoms with E-state index in [4.69, 9.17) is 4.74 Å². The van der Waals surface area contributed by atoms with Gasteiger partial charge in [0.05, 0.1) is 6.20 Å². The van der Waals surface area contributed by atoms with E-state index >= 15 is 0 Å². The van der Waals surface area contributed by atoms with Crippen LogP contribution >= 0.6 is 0 Å². The molecule has 0 aliphatic carbocycles. The van der Waals surface area contributed by atoms with Crippen LogP contribution in [0.5, 0.6) is 0 Å². The minimum atomic E-state index is -0.492. The number of likely N-dealkylation sites (tertiary alicyclic amines) is 1. The van der Waals surface area contributed by atoms with Gasteiger partial charge in [-0.3, -0.25) is 19.4 Å². The normalized spacial score (nSPS) is 17.7. The molecule has 0 saturated carbocycles. The van der Waals surface area contributed by atoms with Crippen molar-refractivity contribution in [3.8, 4) is 11.8 Å². The smallest absolute Gasteiger partial charge is 0.410 e. The number of amides is 4. The Morgan fingerprint density at radius 2 is 1.97 bits per heavy atom. The van der Waals surface area contributed by atoms with Gasteiger partial charge in [-0.25, -0.2) is 14.6 Å². The molecule has 2 aliphatic heterocycles. The molecule has 2 fully saturated rings. The van der Waals surface area contributed by atoms with Crippen LogP contribution in [-0.2, 0) is 9.53 Å². The number of nitrogens with one attached hydrogen (secondary N) is 1. The fraction of sp³-hybridized carbons (Fsp3) is 0.478. The highest BCUT2D eigenvalue weighted by atomic mass is 16.6. The molecule has 1 N–H and O–H groups in total. The highest BCUT2D eigenvalue weighted by molar-refractivity contribution is 6.05. The summed E-state index contributed by atoms with van der Waals surface area (Å²) >= 11 is 0. The van der Waals surface area contributed by atoms with E-state index in [-0.39, 0.29) is 24.3 Å². The molecule has 4 amide bonds. The average molecular weight is 438 g/mol.